The molecule has 0 spiro atoms. The molecule has 0 aliphatic carbocycles. The molecule has 3 aromatic heterocycles. The largest absolute Gasteiger partial charge is 0.376 e. The predicted molar refractivity (Wildman–Crippen MR) is 92.5 cm³/mol. The highest BCUT2D eigenvalue weighted by Crippen LogP contribution is 2.34. The molecule has 5 heterocycles. The van der Waals surface area contributed by atoms with E-state index in [-0.39, 0.29) is 11.9 Å². The Kier molecular flexibility index (Phi) is 3.93. The molecule has 2 aliphatic heterocycles. The fraction of sp³-hybridized carbons (Fsp3) is 0.389. The quantitative estimate of drug-likeness (QED) is 0.754. The molecule has 5 rings (SSSR count). The summed E-state index contributed by atoms with van der Waals surface area (Å²) in [5.74, 6) is 0.828. The molecule has 27 heavy (non-hydrogen) atoms. The third kappa shape index (κ3) is 2.80. The van der Waals surface area contributed by atoms with Gasteiger partial charge in [0, 0.05) is 42.2 Å². The number of aromatic amines is 1. The normalized spacial score (nSPS) is 19.3. The standard InChI is InChI=1S/C18H18N6O3/c25-18(15-12-10-26-9-5-13(12)21-22-15)24-8-1-2-14(24)17-20-16(23-27-17)11-3-6-19-7-4-11/h3-4,6-7,14H,1-2,5,8-10H2,(H,21,22)/t14-/m0/s1. The van der Waals surface area contributed by atoms with Gasteiger partial charge < -0.3 is 14.2 Å². The van der Waals surface area contributed by atoms with E-state index in [0.717, 1.165) is 36.1 Å². The molecule has 3 aromatic rings. The van der Waals surface area contributed by atoms with Crippen molar-refractivity contribution >= 4 is 5.91 Å². The van der Waals surface area contributed by atoms with Gasteiger partial charge in [-0.25, -0.2) is 0 Å². The van der Waals surface area contributed by atoms with Crippen molar-refractivity contribution in [1.82, 2.24) is 30.2 Å². The van der Waals surface area contributed by atoms with E-state index in [1.807, 2.05) is 12.1 Å². The van der Waals surface area contributed by atoms with E-state index in [2.05, 4.69) is 25.3 Å². The van der Waals surface area contributed by atoms with Gasteiger partial charge in [0.15, 0.2) is 5.69 Å². The Hall–Kier alpha value is -3.07. The molecule has 0 bridgehead atoms. The van der Waals surface area contributed by atoms with Gasteiger partial charge >= 0.3 is 0 Å². The van der Waals surface area contributed by atoms with Crippen LogP contribution >= 0.6 is 0 Å². The Morgan fingerprint density at radius 1 is 1.30 bits per heavy atom. The van der Waals surface area contributed by atoms with E-state index in [0.29, 0.717) is 37.2 Å². The van der Waals surface area contributed by atoms with Gasteiger partial charge in [-0.2, -0.15) is 10.1 Å². The molecule has 138 valence electrons. The third-order valence-corrected chi connectivity index (χ3v) is 5.08. The second kappa shape index (κ2) is 6.58. The minimum absolute atomic E-state index is 0.121. The molecule has 2 aliphatic rings. The van der Waals surface area contributed by atoms with Crippen LogP contribution in [0.25, 0.3) is 11.4 Å². The number of hydrogen-bond acceptors (Lipinski definition) is 7. The number of aromatic nitrogens is 5. The van der Waals surface area contributed by atoms with Gasteiger partial charge in [0.2, 0.25) is 11.7 Å². The average molecular weight is 366 g/mol. The van der Waals surface area contributed by atoms with E-state index in [1.165, 1.54) is 0 Å². The lowest BCUT2D eigenvalue weighted by Crippen LogP contribution is -2.32. The summed E-state index contributed by atoms with van der Waals surface area (Å²) in [5, 5.41) is 11.3. The van der Waals surface area contributed by atoms with Crippen molar-refractivity contribution in [2.24, 2.45) is 0 Å². The van der Waals surface area contributed by atoms with Crippen LogP contribution < -0.4 is 0 Å². The number of ether oxygens (including phenoxy) is 1. The fourth-order valence-electron chi connectivity index (χ4n) is 3.68. The molecule has 1 atom stereocenters. The maximum Gasteiger partial charge on any atom is 0.275 e. The van der Waals surface area contributed by atoms with Gasteiger partial charge in [-0.3, -0.25) is 14.9 Å². The lowest BCUT2D eigenvalue weighted by molar-refractivity contribution is 0.0692. The number of fused-ring (bicyclic) bond motifs is 1. The number of pyridine rings is 1. The first kappa shape index (κ1) is 16.1. The fourth-order valence-corrected chi connectivity index (χ4v) is 3.68. The Labute approximate surface area is 154 Å². The van der Waals surface area contributed by atoms with Crippen molar-refractivity contribution in [1.29, 1.82) is 0 Å². The van der Waals surface area contributed by atoms with E-state index >= 15 is 0 Å². The minimum Gasteiger partial charge on any atom is -0.376 e. The average Bonchev–Trinajstić information content (AvgIpc) is 3.46. The molecular weight excluding hydrogens is 348 g/mol. The summed E-state index contributed by atoms with van der Waals surface area (Å²) < 4.78 is 11.0. The van der Waals surface area contributed by atoms with Crippen molar-refractivity contribution in [2.75, 3.05) is 13.2 Å². The highest BCUT2D eigenvalue weighted by atomic mass is 16.5. The summed E-state index contributed by atoms with van der Waals surface area (Å²) in [4.78, 5) is 23.4. The molecule has 1 saturated heterocycles. The highest BCUT2D eigenvalue weighted by molar-refractivity contribution is 5.94. The first-order valence-corrected chi connectivity index (χ1v) is 9.00. The van der Waals surface area contributed by atoms with Crippen molar-refractivity contribution in [2.45, 2.75) is 31.9 Å². The molecule has 0 radical (unpaired) electrons. The molecule has 9 heteroatoms. The van der Waals surface area contributed by atoms with Crippen LogP contribution in [0, 0.1) is 0 Å². The Balaban J connectivity index is 1.42. The monoisotopic (exact) mass is 366 g/mol. The number of nitrogens with one attached hydrogen (secondary N) is 1. The summed E-state index contributed by atoms with van der Waals surface area (Å²) in [6.07, 6.45) is 5.77. The topological polar surface area (TPSA) is 110 Å². The Bertz CT molecular complexity index is 967. The molecule has 0 aromatic carbocycles. The molecule has 1 N–H and O–H groups in total. The van der Waals surface area contributed by atoms with Gasteiger partial charge in [0.05, 0.1) is 13.2 Å². The number of H-pyrrole nitrogens is 1. The Morgan fingerprint density at radius 3 is 3.07 bits per heavy atom. The number of carbonyl (C=O) groups excluding carboxylic acids is 1. The zero-order valence-electron chi connectivity index (χ0n) is 14.6. The molecule has 1 amide bonds. The van der Waals surface area contributed by atoms with Gasteiger partial charge in [-0.05, 0) is 25.0 Å². The highest BCUT2D eigenvalue weighted by Gasteiger charge is 2.37. The summed E-state index contributed by atoms with van der Waals surface area (Å²) in [7, 11) is 0. The second-order valence-corrected chi connectivity index (χ2v) is 6.68. The van der Waals surface area contributed by atoms with Crippen LogP contribution in [0.5, 0.6) is 0 Å². The van der Waals surface area contributed by atoms with Crippen LogP contribution in [0.1, 0.15) is 46.5 Å². The van der Waals surface area contributed by atoms with E-state index in [9.17, 15) is 4.79 Å². The maximum absolute atomic E-state index is 13.1. The molecule has 0 saturated carbocycles. The van der Waals surface area contributed by atoms with Crippen molar-refractivity contribution in [3.8, 4) is 11.4 Å². The summed E-state index contributed by atoms with van der Waals surface area (Å²) >= 11 is 0. The number of hydrogen-bond donors (Lipinski definition) is 1. The smallest absolute Gasteiger partial charge is 0.275 e. The first-order chi connectivity index (χ1) is 13.3. The number of likely N-dealkylation sites (tertiary alicyclic amines) is 1. The van der Waals surface area contributed by atoms with Crippen LogP contribution in [0.2, 0.25) is 0 Å². The number of amides is 1. The van der Waals surface area contributed by atoms with Gasteiger partial charge in [0.25, 0.3) is 5.91 Å². The van der Waals surface area contributed by atoms with E-state index < -0.39 is 0 Å². The van der Waals surface area contributed by atoms with E-state index in [4.69, 9.17) is 9.26 Å². The Morgan fingerprint density at radius 2 is 2.19 bits per heavy atom. The summed E-state index contributed by atoms with van der Waals surface area (Å²) in [6.45, 7) is 1.70. The maximum atomic E-state index is 13.1. The van der Waals surface area contributed by atoms with Gasteiger partial charge in [-0.1, -0.05) is 5.16 Å². The summed E-state index contributed by atoms with van der Waals surface area (Å²) in [6, 6.07) is 3.40. The zero-order valence-corrected chi connectivity index (χ0v) is 14.6. The SMILES string of the molecule is O=C(c1n[nH]c2c1COCC2)N1CCC[C@H]1c1nc(-c2ccncc2)no1. The minimum atomic E-state index is -0.238. The van der Waals surface area contributed by atoms with E-state index in [1.54, 1.807) is 17.3 Å². The number of nitrogens with zero attached hydrogens (tertiary/aromatic N) is 5. The zero-order chi connectivity index (χ0) is 18.2. The molecular formula is C18H18N6O3. The number of carbonyl (C=O) groups is 1. The van der Waals surface area contributed by atoms with Crippen LogP contribution in [0.4, 0.5) is 0 Å². The molecule has 9 nitrogen and oxygen atoms in total. The number of rotatable bonds is 3. The molecule has 1 fully saturated rings. The lowest BCUT2D eigenvalue weighted by Gasteiger charge is -2.22. The van der Waals surface area contributed by atoms with Crippen LogP contribution in [0.15, 0.2) is 29.0 Å². The lowest BCUT2D eigenvalue weighted by atomic mass is 10.1. The van der Waals surface area contributed by atoms with Gasteiger partial charge in [0.1, 0.15) is 6.04 Å². The van der Waals surface area contributed by atoms with Crippen LogP contribution in [-0.2, 0) is 17.8 Å². The van der Waals surface area contributed by atoms with Crippen molar-refractivity contribution < 1.29 is 14.1 Å². The van der Waals surface area contributed by atoms with Crippen molar-refractivity contribution in [3.05, 3.63) is 47.4 Å². The third-order valence-electron chi connectivity index (χ3n) is 5.08. The van der Waals surface area contributed by atoms with Crippen LogP contribution in [0.3, 0.4) is 0 Å². The second-order valence-electron chi connectivity index (χ2n) is 6.68. The summed E-state index contributed by atoms with van der Waals surface area (Å²) in [5.41, 5.74) is 3.11. The first-order valence-electron chi connectivity index (χ1n) is 9.00. The predicted octanol–water partition coefficient (Wildman–Crippen LogP) is 1.90. The van der Waals surface area contributed by atoms with Gasteiger partial charge in [-0.15, -0.1) is 0 Å². The van der Waals surface area contributed by atoms with Crippen LogP contribution in [-0.4, -0.2) is 49.3 Å². The molecule has 0 unspecified atom stereocenters. The van der Waals surface area contributed by atoms with Crippen molar-refractivity contribution in [3.63, 3.8) is 0 Å².